The Hall–Kier alpha value is -2.29. The van der Waals surface area contributed by atoms with Crippen molar-refractivity contribution in [3.63, 3.8) is 0 Å². The van der Waals surface area contributed by atoms with Gasteiger partial charge in [0.2, 0.25) is 0 Å². The number of benzene rings is 1. The minimum Gasteiger partial charge on any atom is -0.303 e. The van der Waals surface area contributed by atoms with Crippen LogP contribution < -0.4 is 0 Å². The molecule has 0 N–H and O–H groups in total. The highest BCUT2D eigenvalue weighted by molar-refractivity contribution is 5.40. The molecule has 2 aromatic heterocycles. The Kier molecular flexibility index (Phi) is 2.07. The molecule has 0 spiro atoms. The minimum absolute atomic E-state index is 1.09. The zero-order valence-electron chi connectivity index (χ0n) is 8.69. The third-order valence-electron chi connectivity index (χ3n) is 2.53. The molecule has 0 aliphatic carbocycles. The van der Waals surface area contributed by atoms with E-state index in [0.717, 1.165) is 11.5 Å². The summed E-state index contributed by atoms with van der Waals surface area (Å²) >= 11 is 0. The number of para-hydroxylation sites is 1. The van der Waals surface area contributed by atoms with E-state index in [2.05, 4.69) is 27.8 Å². The molecule has 16 heavy (non-hydrogen) atoms. The highest BCUT2D eigenvalue weighted by Crippen LogP contribution is 2.15. The summed E-state index contributed by atoms with van der Waals surface area (Å²) in [6.45, 7) is 0. The molecular formula is C13H11N3. The number of hydrogen-bond acceptors (Lipinski definition) is 1. The molecule has 0 fully saturated rings. The Labute approximate surface area is 93.6 Å². The summed E-state index contributed by atoms with van der Waals surface area (Å²) in [6, 6.07) is 14.3. The molecule has 0 radical (unpaired) electrons. The van der Waals surface area contributed by atoms with Crippen LogP contribution in [-0.2, 0) is 0 Å². The molecule has 78 valence electrons. The van der Waals surface area contributed by atoms with Gasteiger partial charge in [0.25, 0.3) is 0 Å². The van der Waals surface area contributed by atoms with Crippen LogP contribution in [0.25, 0.3) is 11.5 Å². The van der Waals surface area contributed by atoms with Crippen molar-refractivity contribution in [1.82, 2.24) is 14.1 Å². The summed E-state index contributed by atoms with van der Waals surface area (Å²) in [4.78, 5) is 4.06. The average molecular weight is 209 g/mol. The Morgan fingerprint density at radius 1 is 0.875 bits per heavy atom. The second kappa shape index (κ2) is 3.70. The molecular weight excluding hydrogens is 198 g/mol. The van der Waals surface area contributed by atoms with Gasteiger partial charge in [-0.3, -0.25) is 4.57 Å². The zero-order chi connectivity index (χ0) is 10.8. The lowest BCUT2D eigenvalue weighted by atomic mass is 10.3. The van der Waals surface area contributed by atoms with Crippen molar-refractivity contribution in [1.29, 1.82) is 0 Å². The van der Waals surface area contributed by atoms with E-state index in [9.17, 15) is 0 Å². The highest BCUT2D eigenvalue weighted by atomic mass is 15.2. The van der Waals surface area contributed by atoms with Gasteiger partial charge >= 0.3 is 0 Å². The monoisotopic (exact) mass is 209 g/mol. The molecule has 0 amide bonds. The fraction of sp³-hybridized carbons (Fsp3) is 0. The summed E-state index contributed by atoms with van der Waals surface area (Å²) in [6.07, 6.45) is 7.57. The lowest BCUT2D eigenvalue weighted by molar-refractivity contribution is 0.926. The maximum Gasteiger partial charge on any atom is 0.122 e. The maximum atomic E-state index is 4.06. The lowest BCUT2D eigenvalue weighted by Crippen LogP contribution is -2.00. The third-order valence-corrected chi connectivity index (χ3v) is 2.53. The average Bonchev–Trinajstić information content (AvgIpc) is 3.01. The second-order valence-electron chi connectivity index (χ2n) is 3.54. The molecule has 0 aliphatic heterocycles. The van der Waals surface area contributed by atoms with E-state index in [0.29, 0.717) is 0 Å². The van der Waals surface area contributed by atoms with E-state index in [4.69, 9.17) is 0 Å². The zero-order valence-corrected chi connectivity index (χ0v) is 8.69. The summed E-state index contributed by atoms with van der Waals surface area (Å²) in [5.41, 5.74) is 1.15. The molecule has 0 saturated carbocycles. The van der Waals surface area contributed by atoms with Crippen LogP contribution in [0.5, 0.6) is 0 Å². The minimum atomic E-state index is 1.09. The molecule has 0 unspecified atom stereocenters. The van der Waals surface area contributed by atoms with Gasteiger partial charge in [0.05, 0.1) is 0 Å². The van der Waals surface area contributed by atoms with Gasteiger partial charge in [0.1, 0.15) is 12.1 Å². The summed E-state index contributed by atoms with van der Waals surface area (Å²) in [5.74, 6) is 1.09. The largest absolute Gasteiger partial charge is 0.303 e. The van der Waals surface area contributed by atoms with E-state index in [-0.39, 0.29) is 0 Å². The first-order valence-corrected chi connectivity index (χ1v) is 5.16. The molecule has 3 rings (SSSR count). The van der Waals surface area contributed by atoms with Crippen LogP contribution in [0.2, 0.25) is 0 Å². The van der Waals surface area contributed by atoms with Gasteiger partial charge in [0.15, 0.2) is 0 Å². The molecule has 2 heterocycles. The quantitative estimate of drug-likeness (QED) is 0.636. The molecule has 0 bridgehead atoms. The molecule has 3 aromatic rings. The van der Waals surface area contributed by atoms with Gasteiger partial charge in [-0.15, -0.1) is 0 Å². The fourth-order valence-corrected chi connectivity index (χ4v) is 1.78. The van der Waals surface area contributed by atoms with Crippen molar-refractivity contribution < 1.29 is 0 Å². The molecule has 0 saturated heterocycles. The van der Waals surface area contributed by atoms with Crippen LogP contribution in [0, 0.1) is 0 Å². The first kappa shape index (κ1) is 8.97. The number of nitrogens with zero attached hydrogens (tertiary/aromatic N) is 3. The Bertz CT molecular complexity index is 564. The highest BCUT2D eigenvalue weighted by Gasteiger charge is 2.03. The van der Waals surface area contributed by atoms with Gasteiger partial charge in [-0.25, -0.2) is 4.98 Å². The van der Waals surface area contributed by atoms with Crippen molar-refractivity contribution in [2.24, 2.45) is 0 Å². The SMILES string of the molecule is c1ccc(-n2cccc2-n2ccnc2)cc1. The molecule has 1 aromatic carbocycles. The van der Waals surface area contributed by atoms with Crippen LogP contribution in [0.15, 0.2) is 67.4 Å². The maximum absolute atomic E-state index is 4.06. The molecule has 0 aliphatic rings. The van der Waals surface area contributed by atoms with Crippen molar-refractivity contribution in [3.05, 3.63) is 67.4 Å². The Morgan fingerprint density at radius 3 is 2.50 bits per heavy atom. The van der Waals surface area contributed by atoms with Crippen LogP contribution in [-0.4, -0.2) is 14.1 Å². The predicted octanol–water partition coefficient (Wildman–Crippen LogP) is 2.66. The number of hydrogen-bond donors (Lipinski definition) is 0. The van der Waals surface area contributed by atoms with Gasteiger partial charge in [0, 0.05) is 24.3 Å². The Balaban J connectivity index is 2.14. The summed E-state index contributed by atoms with van der Waals surface area (Å²) in [7, 11) is 0. The van der Waals surface area contributed by atoms with E-state index in [1.807, 2.05) is 41.2 Å². The predicted molar refractivity (Wildman–Crippen MR) is 62.9 cm³/mol. The smallest absolute Gasteiger partial charge is 0.122 e. The van der Waals surface area contributed by atoms with Crippen LogP contribution in [0.1, 0.15) is 0 Å². The normalized spacial score (nSPS) is 10.5. The van der Waals surface area contributed by atoms with E-state index in [1.165, 1.54) is 0 Å². The molecule has 3 heteroatoms. The van der Waals surface area contributed by atoms with Gasteiger partial charge in [-0.2, -0.15) is 0 Å². The lowest BCUT2D eigenvalue weighted by Gasteiger charge is -2.09. The first-order valence-electron chi connectivity index (χ1n) is 5.16. The second-order valence-corrected chi connectivity index (χ2v) is 3.54. The number of aromatic nitrogens is 3. The molecule has 3 nitrogen and oxygen atoms in total. The summed E-state index contributed by atoms with van der Waals surface area (Å²) < 4.78 is 4.12. The van der Waals surface area contributed by atoms with Crippen LogP contribution >= 0.6 is 0 Å². The van der Waals surface area contributed by atoms with E-state index >= 15 is 0 Å². The molecule has 0 atom stereocenters. The third kappa shape index (κ3) is 1.42. The van der Waals surface area contributed by atoms with E-state index < -0.39 is 0 Å². The summed E-state index contributed by atoms with van der Waals surface area (Å²) in [5, 5.41) is 0. The van der Waals surface area contributed by atoms with Gasteiger partial charge < -0.3 is 4.57 Å². The topological polar surface area (TPSA) is 22.8 Å². The standard InChI is InChI=1S/C13H11N3/c1-2-5-12(6-3-1)16-9-4-7-13(16)15-10-8-14-11-15/h1-11H. The van der Waals surface area contributed by atoms with Gasteiger partial charge in [-0.05, 0) is 24.3 Å². The van der Waals surface area contributed by atoms with E-state index in [1.54, 1.807) is 12.5 Å². The first-order chi connectivity index (χ1) is 7.95. The fourth-order valence-electron chi connectivity index (χ4n) is 1.78. The van der Waals surface area contributed by atoms with Crippen molar-refractivity contribution >= 4 is 0 Å². The van der Waals surface area contributed by atoms with Crippen LogP contribution in [0.3, 0.4) is 0 Å². The van der Waals surface area contributed by atoms with Crippen molar-refractivity contribution in [2.75, 3.05) is 0 Å². The number of imidazole rings is 1. The van der Waals surface area contributed by atoms with Crippen molar-refractivity contribution in [2.45, 2.75) is 0 Å². The Morgan fingerprint density at radius 2 is 1.75 bits per heavy atom. The number of rotatable bonds is 2. The van der Waals surface area contributed by atoms with Gasteiger partial charge in [-0.1, -0.05) is 18.2 Å². The van der Waals surface area contributed by atoms with Crippen molar-refractivity contribution in [3.8, 4) is 11.5 Å². The van der Waals surface area contributed by atoms with Crippen LogP contribution in [0.4, 0.5) is 0 Å².